The predicted octanol–water partition coefficient (Wildman–Crippen LogP) is 1.96. The van der Waals surface area contributed by atoms with E-state index < -0.39 is 17.4 Å². The number of hydrogen-bond acceptors (Lipinski definition) is 5. The lowest BCUT2D eigenvalue weighted by molar-refractivity contribution is -0.174. The maximum Gasteiger partial charge on any atom is 0.325 e. The number of methoxy groups -OCH3 is 2. The summed E-state index contributed by atoms with van der Waals surface area (Å²) in [5.74, 6) is -1.07. The van der Waals surface area contributed by atoms with E-state index in [4.69, 9.17) is 9.47 Å². The minimum Gasteiger partial charge on any atom is -0.468 e. The first-order valence-electron chi connectivity index (χ1n) is 7.55. The summed E-state index contributed by atoms with van der Waals surface area (Å²) in [7, 11) is 2.63. The summed E-state index contributed by atoms with van der Waals surface area (Å²) in [5, 5.41) is 0. The molecule has 2 rings (SSSR count). The summed E-state index contributed by atoms with van der Waals surface area (Å²) in [6.07, 6.45) is 0.309. The molecule has 1 aromatic carbocycles. The number of hydrogen-bond donors (Lipinski definition) is 0. The smallest absolute Gasteiger partial charge is 0.325 e. The molecule has 1 aliphatic carbocycles. The van der Waals surface area contributed by atoms with Crippen LogP contribution in [0.5, 0.6) is 0 Å². The van der Waals surface area contributed by atoms with Crippen molar-refractivity contribution in [1.82, 2.24) is 4.90 Å². The Morgan fingerprint density at radius 2 is 1.68 bits per heavy atom. The van der Waals surface area contributed by atoms with Crippen molar-refractivity contribution in [2.24, 2.45) is 5.41 Å². The molecule has 22 heavy (non-hydrogen) atoms. The fraction of sp³-hybridized carbons (Fsp3) is 0.529. The number of carbonyl (C=O) groups excluding carboxylic acids is 2. The Bertz CT molecular complexity index is 550. The van der Waals surface area contributed by atoms with Crippen molar-refractivity contribution in [1.29, 1.82) is 0 Å². The first-order chi connectivity index (χ1) is 10.6. The second-order valence-corrected chi connectivity index (χ2v) is 5.45. The Labute approximate surface area is 131 Å². The summed E-state index contributed by atoms with van der Waals surface area (Å²) in [6, 6.07) is 7.42. The van der Waals surface area contributed by atoms with Crippen molar-refractivity contribution < 1.29 is 19.1 Å². The molecule has 0 radical (unpaired) electrons. The van der Waals surface area contributed by atoms with Crippen molar-refractivity contribution in [3.05, 3.63) is 35.4 Å². The SMILES string of the molecule is CCN(CC)C1c2ccccc2CC1(C(=O)OC)C(=O)OC. The minimum atomic E-state index is -1.33. The highest BCUT2D eigenvalue weighted by atomic mass is 16.5. The van der Waals surface area contributed by atoms with Crippen molar-refractivity contribution >= 4 is 11.9 Å². The molecule has 0 fully saturated rings. The number of carbonyl (C=O) groups is 2. The normalized spacial score (nSPS) is 18.9. The van der Waals surface area contributed by atoms with Gasteiger partial charge in [-0.1, -0.05) is 38.1 Å². The van der Waals surface area contributed by atoms with E-state index in [-0.39, 0.29) is 6.04 Å². The van der Waals surface area contributed by atoms with E-state index in [0.717, 1.165) is 24.2 Å². The van der Waals surface area contributed by atoms with E-state index in [9.17, 15) is 9.59 Å². The van der Waals surface area contributed by atoms with Crippen molar-refractivity contribution in [3.8, 4) is 0 Å². The highest BCUT2D eigenvalue weighted by Gasteiger charge is 2.60. The molecule has 0 aliphatic heterocycles. The number of esters is 2. The van der Waals surface area contributed by atoms with Gasteiger partial charge in [-0.15, -0.1) is 0 Å². The zero-order valence-corrected chi connectivity index (χ0v) is 13.6. The van der Waals surface area contributed by atoms with Gasteiger partial charge in [-0.25, -0.2) is 0 Å². The number of ether oxygens (including phenoxy) is 2. The molecule has 0 bridgehead atoms. The molecule has 0 spiro atoms. The van der Waals surface area contributed by atoms with Gasteiger partial charge in [0.05, 0.1) is 20.3 Å². The standard InChI is InChI=1S/C17H23NO4/c1-5-18(6-2)14-13-10-8-7-9-12(13)11-17(14,15(19)21-3)16(20)22-4/h7-10,14H,5-6,11H2,1-4H3. The molecule has 120 valence electrons. The maximum absolute atomic E-state index is 12.6. The number of fused-ring (bicyclic) bond motifs is 1. The van der Waals surface area contributed by atoms with Gasteiger partial charge >= 0.3 is 11.9 Å². The van der Waals surface area contributed by atoms with E-state index in [1.807, 2.05) is 38.1 Å². The topological polar surface area (TPSA) is 55.8 Å². The molecule has 0 amide bonds. The summed E-state index contributed by atoms with van der Waals surface area (Å²) in [5.41, 5.74) is 0.663. The molecule has 5 heteroatoms. The van der Waals surface area contributed by atoms with Crippen LogP contribution in [0.15, 0.2) is 24.3 Å². The van der Waals surface area contributed by atoms with Gasteiger partial charge in [0.1, 0.15) is 0 Å². The van der Waals surface area contributed by atoms with Crippen molar-refractivity contribution in [2.45, 2.75) is 26.3 Å². The van der Waals surface area contributed by atoms with Crippen LogP contribution in [0.4, 0.5) is 0 Å². The molecule has 1 unspecified atom stereocenters. The van der Waals surface area contributed by atoms with Gasteiger partial charge in [-0.05, 0) is 24.2 Å². The van der Waals surface area contributed by atoms with Gasteiger partial charge in [-0.2, -0.15) is 0 Å². The van der Waals surface area contributed by atoms with Crippen molar-refractivity contribution in [2.75, 3.05) is 27.3 Å². The average Bonchev–Trinajstić information content (AvgIpc) is 2.91. The molecule has 0 saturated carbocycles. The van der Waals surface area contributed by atoms with Crippen LogP contribution in [0.2, 0.25) is 0 Å². The minimum absolute atomic E-state index is 0.309. The van der Waals surface area contributed by atoms with Gasteiger partial charge < -0.3 is 9.47 Å². The number of benzene rings is 1. The van der Waals surface area contributed by atoms with Gasteiger partial charge in [0.2, 0.25) is 0 Å². The first kappa shape index (κ1) is 16.5. The van der Waals surface area contributed by atoms with E-state index in [0.29, 0.717) is 6.42 Å². The number of nitrogens with zero attached hydrogens (tertiary/aromatic N) is 1. The molecule has 1 aliphatic rings. The van der Waals surface area contributed by atoms with Gasteiger partial charge in [0, 0.05) is 6.42 Å². The molecule has 0 saturated heterocycles. The van der Waals surface area contributed by atoms with E-state index >= 15 is 0 Å². The number of rotatable bonds is 5. The molecule has 0 heterocycles. The Morgan fingerprint density at radius 3 is 2.18 bits per heavy atom. The predicted molar refractivity (Wildman–Crippen MR) is 82.3 cm³/mol. The lowest BCUT2D eigenvalue weighted by Crippen LogP contribution is -2.50. The Hall–Kier alpha value is -1.88. The Kier molecular flexibility index (Phi) is 4.86. The molecule has 1 atom stereocenters. The lowest BCUT2D eigenvalue weighted by atomic mass is 9.79. The van der Waals surface area contributed by atoms with Crippen LogP contribution in [-0.4, -0.2) is 44.1 Å². The Morgan fingerprint density at radius 1 is 1.14 bits per heavy atom. The van der Waals surface area contributed by atoms with Crippen molar-refractivity contribution in [3.63, 3.8) is 0 Å². The molecule has 0 N–H and O–H groups in total. The van der Waals surface area contributed by atoms with Gasteiger partial charge in [-0.3, -0.25) is 14.5 Å². The van der Waals surface area contributed by atoms with Crippen LogP contribution in [-0.2, 0) is 25.5 Å². The van der Waals surface area contributed by atoms with E-state index in [2.05, 4.69) is 4.90 Å². The maximum atomic E-state index is 12.6. The largest absolute Gasteiger partial charge is 0.468 e. The molecule has 1 aromatic rings. The zero-order chi connectivity index (χ0) is 16.3. The Balaban J connectivity index is 2.66. The highest BCUT2D eigenvalue weighted by Crippen LogP contribution is 2.50. The summed E-state index contributed by atoms with van der Waals surface area (Å²) in [4.78, 5) is 27.3. The molecule has 0 aromatic heterocycles. The third-order valence-corrected chi connectivity index (χ3v) is 4.56. The summed E-state index contributed by atoms with van der Waals surface area (Å²) in [6.45, 7) is 5.49. The van der Waals surface area contributed by atoms with Crippen LogP contribution >= 0.6 is 0 Å². The lowest BCUT2D eigenvalue weighted by Gasteiger charge is -2.37. The van der Waals surface area contributed by atoms with E-state index in [1.165, 1.54) is 14.2 Å². The molecule has 5 nitrogen and oxygen atoms in total. The van der Waals surface area contributed by atoms with Crippen LogP contribution < -0.4 is 0 Å². The molecular weight excluding hydrogens is 282 g/mol. The van der Waals surface area contributed by atoms with Crippen LogP contribution in [0.1, 0.15) is 31.0 Å². The van der Waals surface area contributed by atoms with Gasteiger partial charge in [0.25, 0.3) is 0 Å². The van der Waals surface area contributed by atoms with Crippen LogP contribution in [0, 0.1) is 5.41 Å². The second-order valence-electron chi connectivity index (χ2n) is 5.45. The zero-order valence-electron chi connectivity index (χ0n) is 13.6. The fourth-order valence-corrected chi connectivity index (χ4v) is 3.54. The van der Waals surface area contributed by atoms with Crippen LogP contribution in [0.3, 0.4) is 0 Å². The molecular formula is C17H23NO4. The monoisotopic (exact) mass is 305 g/mol. The summed E-state index contributed by atoms with van der Waals surface area (Å²) >= 11 is 0. The third kappa shape index (κ3) is 2.29. The van der Waals surface area contributed by atoms with Crippen LogP contribution in [0.25, 0.3) is 0 Å². The van der Waals surface area contributed by atoms with E-state index in [1.54, 1.807) is 0 Å². The first-order valence-corrected chi connectivity index (χ1v) is 7.55. The highest BCUT2D eigenvalue weighted by molar-refractivity contribution is 6.02. The fourth-order valence-electron chi connectivity index (χ4n) is 3.54. The summed E-state index contributed by atoms with van der Waals surface area (Å²) < 4.78 is 9.99. The second kappa shape index (κ2) is 6.48. The van der Waals surface area contributed by atoms with Gasteiger partial charge in [0.15, 0.2) is 5.41 Å². The third-order valence-electron chi connectivity index (χ3n) is 4.56. The quantitative estimate of drug-likeness (QED) is 0.615. The average molecular weight is 305 g/mol.